The maximum atomic E-state index is 13.6. The summed E-state index contributed by atoms with van der Waals surface area (Å²) < 4.78 is 21.1. The van der Waals surface area contributed by atoms with Crippen molar-refractivity contribution in [2.24, 2.45) is 11.8 Å². The van der Waals surface area contributed by atoms with Gasteiger partial charge in [-0.05, 0) is 43.9 Å². The molecular weight excluding hydrogens is 440 g/mol. The van der Waals surface area contributed by atoms with Gasteiger partial charge in [-0.3, -0.25) is 14.4 Å². The van der Waals surface area contributed by atoms with Crippen LogP contribution in [0.3, 0.4) is 0 Å². The summed E-state index contributed by atoms with van der Waals surface area (Å²) in [7, 11) is 4.65. The molecule has 0 aliphatic carbocycles. The Morgan fingerprint density at radius 2 is 1.71 bits per heavy atom. The predicted molar refractivity (Wildman–Crippen MR) is 125 cm³/mol. The average molecular weight is 477 g/mol. The lowest BCUT2D eigenvalue weighted by atomic mass is 9.83. The number of esters is 1. The molecule has 2 fully saturated rings. The van der Waals surface area contributed by atoms with Crippen molar-refractivity contribution in [3.05, 3.63) is 23.8 Å². The van der Waals surface area contributed by atoms with Gasteiger partial charge in [0, 0.05) is 39.2 Å². The topological polar surface area (TPSA) is 94.6 Å². The van der Waals surface area contributed by atoms with E-state index in [2.05, 4.69) is 0 Å². The van der Waals surface area contributed by atoms with Crippen LogP contribution in [-0.4, -0.2) is 88.3 Å². The Hall–Kier alpha value is -2.81. The minimum Gasteiger partial charge on any atom is -0.493 e. The summed E-state index contributed by atoms with van der Waals surface area (Å²) in [5.41, 5.74) is 0.980. The lowest BCUT2D eigenvalue weighted by molar-refractivity contribution is -0.152. The summed E-state index contributed by atoms with van der Waals surface area (Å²) >= 11 is 0. The summed E-state index contributed by atoms with van der Waals surface area (Å²) in [5.74, 6) is 0.111. The van der Waals surface area contributed by atoms with E-state index in [1.807, 2.05) is 18.2 Å². The Kier molecular flexibility index (Phi) is 9.15. The van der Waals surface area contributed by atoms with E-state index in [1.54, 1.807) is 30.9 Å². The zero-order chi connectivity index (χ0) is 24.7. The fourth-order valence-corrected chi connectivity index (χ4v) is 4.93. The number of hydrogen-bond donors (Lipinski definition) is 0. The number of benzene rings is 1. The molecule has 2 heterocycles. The van der Waals surface area contributed by atoms with Crippen LogP contribution in [-0.2, 0) is 23.9 Å². The number of ether oxygens (including phenoxy) is 4. The molecule has 9 heteroatoms. The first kappa shape index (κ1) is 25.8. The van der Waals surface area contributed by atoms with Gasteiger partial charge in [-0.15, -0.1) is 0 Å². The van der Waals surface area contributed by atoms with E-state index in [1.165, 1.54) is 7.11 Å². The van der Waals surface area contributed by atoms with Crippen molar-refractivity contribution in [2.45, 2.75) is 32.1 Å². The molecule has 0 aromatic heterocycles. The second-order valence-corrected chi connectivity index (χ2v) is 8.85. The standard InChI is InChI=1S/C25H36N2O7/c1-5-34-25(30)18-7-6-10-26(13-18)24(29)20-11-19(14-27(15-20)23(28)16-31-2)17-8-9-21(32-3)22(12-17)33-4/h8-9,12,18-20H,5-7,10-11,13-16H2,1-4H3/t18-,19+,20-/m0/s1. The van der Waals surface area contributed by atoms with Crippen molar-refractivity contribution in [3.8, 4) is 11.5 Å². The SMILES string of the molecule is CCOC(=O)[C@H]1CCCN(C(=O)[C@H]2C[C@@H](c3ccc(OC)c(OC)c3)CN(C(=O)COC)C2)C1. The lowest BCUT2D eigenvalue weighted by Crippen LogP contribution is -2.52. The number of carbonyl (C=O) groups excluding carboxylic acids is 3. The van der Waals surface area contributed by atoms with Crippen LogP contribution < -0.4 is 9.47 Å². The maximum Gasteiger partial charge on any atom is 0.310 e. The van der Waals surface area contributed by atoms with Crippen LogP contribution >= 0.6 is 0 Å². The van der Waals surface area contributed by atoms with Gasteiger partial charge in [0.2, 0.25) is 11.8 Å². The third kappa shape index (κ3) is 6.00. The first-order valence-electron chi connectivity index (χ1n) is 11.9. The number of nitrogens with zero attached hydrogens (tertiary/aromatic N) is 2. The van der Waals surface area contributed by atoms with Gasteiger partial charge in [-0.2, -0.15) is 0 Å². The van der Waals surface area contributed by atoms with Crippen LogP contribution in [0.25, 0.3) is 0 Å². The number of methoxy groups -OCH3 is 3. The van der Waals surface area contributed by atoms with Crippen molar-refractivity contribution in [1.82, 2.24) is 9.80 Å². The molecule has 0 N–H and O–H groups in total. The van der Waals surface area contributed by atoms with Crippen LogP contribution in [0, 0.1) is 11.8 Å². The summed E-state index contributed by atoms with van der Waals surface area (Å²) in [6, 6.07) is 5.71. The first-order chi connectivity index (χ1) is 16.4. The number of piperidine rings is 2. The van der Waals surface area contributed by atoms with E-state index in [4.69, 9.17) is 18.9 Å². The summed E-state index contributed by atoms with van der Waals surface area (Å²) in [6.45, 7) is 3.88. The Morgan fingerprint density at radius 3 is 2.38 bits per heavy atom. The molecule has 9 nitrogen and oxygen atoms in total. The van der Waals surface area contributed by atoms with Crippen LogP contribution in [0.2, 0.25) is 0 Å². The fraction of sp³-hybridized carbons (Fsp3) is 0.640. The quantitative estimate of drug-likeness (QED) is 0.530. The van der Waals surface area contributed by atoms with Gasteiger partial charge in [0.25, 0.3) is 0 Å². The highest BCUT2D eigenvalue weighted by molar-refractivity contribution is 5.83. The van der Waals surface area contributed by atoms with Gasteiger partial charge in [0.1, 0.15) is 6.61 Å². The zero-order valence-electron chi connectivity index (χ0n) is 20.6. The molecule has 0 radical (unpaired) electrons. The molecule has 0 spiro atoms. The van der Waals surface area contributed by atoms with Crippen molar-refractivity contribution < 1.29 is 33.3 Å². The average Bonchev–Trinajstić information content (AvgIpc) is 2.87. The molecule has 1 aromatic carbocycles. The van der Waals surface area contributed by atoms with Gasteiger partial charge in [-0.1, -0.05) is 6.07 Å². The van der Waals surface area contributed by atoms with Gasteiger partial charge < -0.3 is 28.7 Å². The van der Waals surface area contributed by atoms with E-state index >= 15 is 0 Å². The van der Waals surface area contributed by atoms with Gasteiger partial charge in [0.05, 0.1) is 32.7 Å². The molecular formula is C25H36N2O7. The Bertz CT molecular complexity index is 875. The van der Waals surface area contributed by atoms with Crippen LogP contribution in [0.15, 0.2) is 18.2 Å². The van der Waals surface area contributed by atoms with Crippen molar-refractivity contribution in [3.63, 3.8) is 0 Å². The summed E-state index contributed by atoms with van der Waals surface area (Å²) in [4.78, 5) is 42.0. The lowest BCUT2D eigenvalue weighted by Gasteiger charge is -2.40. The normalized spacial score (nSPS) is 22.8. The third-order valence-corrected chi connectivity index (χ3v) is 6.65. The van der Waals surface area contributed by atoms with E-state index in [0.717, 1.165) is 18.4 Å². The predicted octanol–water partition coefficient (Wildman–Crippen LogP) is 2.08. The second kappa shape index (κ2) is 12.1. The number of amides is 2. The van der Waals surface area contributed by atoms with Crippen LogP contribution in [0.4, 0.5) is 0 Å². The van der Waals surface area contributed by atoms with Crippen molar-refractivity contribution in [2.75, 3.05) is 60.7 Å². The molecule has 0 bridgehead atoms. The summed E-state index contributed by atoms with van der Waals surface area (Å²) in [5, 5.41) is 0. The van der Waals surface area contributed by atoms with E-state index in [0.29, 0.717) is 50.7 Å². The molecule has 0 unspecified atom stereocenters. The molecule has 3 rings (SSSR count). The van der Waals surface area contributed by atoms with Gasteiger partial charge in [0.15, 0.2) is 11.5 Å². The van der Waals surface area contributed by atoms with Gasteiger partial charge in [-0.25, -0.2) is 0 Å². The molecule has 188 valence electrons. The van der Waals surface area contributed by atoms with Gasteiger partial charge >= 0.3 is 5.97 Å². The smallest absolute Gasteiger partial charge is 0.310 e. The van der Waals surface area contributed by atoms with Crippen molar-refractivity contribution >= 4 is 17.8 Å². The Morgan fingerprint density at radius 1 is 0.971 bits per heavy atom. The summed E-state index contributed by atoms with van der Waals surface area (Å²) in [6.07, 6.45) is 2.08. The van der Waals surface area contributed by atoms with Crippen LogP contribution in [0.1, 0.15) is 37.7 Å². The van der Waals surface area contributed by atoms with Crippen LogP contribution in [0.5, 0.6) is 11.5 Å². The zero-order valence-corrected chi connectivity index (χ0v) is 20.6. The van der Waals surface area contributed by atoms with E-state index < -0.39 is 0 Å². The molecule has 1 aromatic rings. The number of hydrogen-bond acceptors (Lipinski definition) is 7. The molecule has 3 atom stereocenters. The largest absolute Gasteiger partial charge is 0.493 e. The molecule has 0 saturated carbocycles. The minimum atomic E-state index is -0.367. The molecule has 2 aliphatic rings. The highest BCUT2D eigenvalue weighted by atomic mass is 16.5. The second-order valence-electron chi connectivity index (χ2n) is 8.85. The maximum absolute atomic E-state index is 13.6. The Labute approximate surface area is 201 Å². The third-order valence-electron chi connectivity index (χ3n) is 6.65. The molecule has 2 saturated heterocycles. The molecule has 2 amide bonds. The van der Waals surface area contributed by atoms with Crippen molar-refractivity contribution in [1.29, 1.82) is 0 Å². The number of carbonyl (C=O) groups is 3. The van der Waals surface area contributed by atoms with E-state index in [-0.39, 0.29) is 42.1 Å². The monoisotopic (exact) mass is 476 g/mol. The highest BCUT2D eigenvalue weighted by Gasteiger charge is 2.38. The minimum absolute atomic E-state index is 0.0191. The molecule has 34 heavy (non-hydrogen) atoms. The first-order valence-corrected chi connectivity index (χ1v) is 11.9. The number of rotatable bonds is 8. The molecule has 2 aliphatic heterocycles. The number of likely N-dealkylation sites (tertiary alicyclic amines) is 2. The Balaban J connectivity index is 1.81. The fourth-order valence-electron chi connectivity index (χ4n) is 4.93. The highest BCUT2D eigenvalue weighted by Crippen LogP contribution is 2.36. The van der Waals surface area contributed by atoms with E-state index in [9.17, 15) is 14.4 Å².